The second-order valence-electron chi connectivity index (χ2n) is 21.7. The van der Waals surface area contributed by atoms with Gasteiger partial charge in [0.05, 0.1) is 23.9 Å². The molecule has 75 heavy (non-hydrogen) atoms. The number of thioether (sulfide) groups is 2. The van der Waals surface area contributed by atoms with E-state index in [0.717, 1.165) is 40.9 Å². The number of ketones is 1. The third kappa shape index (κ3) is 11.2. The number of fused-ring (bicyclic) bond motifs is 7. The predicted molar refractivity (Wildman–Crippen MR) is 287 cm³/mol. The number of halogens is 1. The van der Waals surface area contributed by atoms with Crippen molar-refractivity contribution >= 4 is 64.6 Å². The third-order valence-electron chi connectivity index (χ3n) is 17.0. The van der Waals surface area contributed by atoms with Gasteiger partial charge in [0.25, 0.3) is 0 Å². The number of hydrogen-bond donors (Lipinski definition) is 7. The summed E-state index contributed by atoms with van der Waals surface area (Å²) in [6, 6.07) is 13.0. The minimum atomic E-state index is -2.01. The Labute approximate surface area is 448 Å². The van der Waals surface area contributed by atoms with E-state index in [-0.39, 0.29) is 31.1 Å². The zero-order valence-corrected chi connectivity index (χ0v) is 46.0. The maximum absolute atomic E-state index is 18.2. The highest BCUT2D eigenvalue weighted by molar-refractivity contribution is 8.01. The van der Waals surface area contributed by atoms with Gasteiger partial charge in [0, 0.05) is 56.9 Å². The molecule has 4 fully saturated rings. The highest BCUT2D eigenvalue weighted by Gasteiger charge is 2.83. The van der Waals surface area contributed by atoms with Gasteiger partial charge >= 0.3 is 5.97 Å². The van der Waals surface area contributed by atoms with E-state index >= 15 is 4.39 Å². The average Bonchev–Trinajstić information content (AvgIpc) is 3.86. The third-order valence-corrected chi connectivity index (χ3v) is 19.5. The van der Waals surface area contributed by atoms with Crippen molar-refractivity contribution in [2.75, 3.05) is 18.5 Å². The van der Waals surface area contributed by atoms with Crippen LogP contribution in [-0.2, 0) is 44.0 Å². The average molecular weight is 1080 g/mol. The fourth-order valence-corrected chi connectivity index (χ4v) is 14.8. The molecule has 408 valence electrons. The Morgan fingerprint density at radius 3 is 2.36 bits per heavy atom. The van der Waals surface area contributed by atoms with Crippen LogP contribution in [0.2, 0.25) is 0 Å². The molecular formula is C57H75FN4O11S2. The fourth-order valence-electron chi connectivity index (χ4n) is 12.6. The summed E-state index contributed by atoms with van der Waals surface area (Å²) in [5.41, 5.74) is -2.46. The van der Waals surface area contributed by atoms with Crippen molar-refractivity contribution in [2.45, 2.75) is 176 Å². The Hall–Kier alpha value is -4.85. The SMILES string of the molecule is C/C=C1\C=C[C@@]2(C)C(=C1)CC[C@@H]1[C@]2(F)[C@@H](O)C[C@@]2(C)[C@@]1(C)C[C@H]1O[C@@H](c3ccc(CSc4cccc(NC(=O)[C@H](C)NC(=O)[C@H](C)NC(=O)CCNC(=O)C(CC(=O)O)SC(C)CCCC)c4)cc3)O[C@]12C(=O)CO. The summed E-state index contributed by atoms with van der Waals surface area (Å²) < 4.78 is 31.7. The van der Waals surface area contributed by atoms with Crippen LogP contribution in [-0.4, -0.2) is 110 Å². The number of allylic oxidation sites excluding steroid dienone is 6. The smallest absolute Gasteiger partial charge is 0.305 e. The van der Waals surface area contributed by atoms with Gasteiger partial charge in [-0.1, -0.05) is 101 Å². The van der Waals surface area contributed by atoms with Gasteiger partial charge in [-0.05, 0) is 94.5 Å². The number of Topliss-reactive ketones (excluding diaryl/α,β-unsaturated/α-hetero) is 1. The lowest BCUT2D eigenvalue weighted by Crippen LogP contribution is -2.72. The number of anilines is 1. The molecule has 7 rings (SSSR count). The van der Waals surface area contributed by atoms with E-state index in [1.807, 2.05) is 95.3 Å². The minimum Gasteiger partial charge on any atom is -0.481 e. The zero-order chi connectivity index (χ0) is 54.7. The lowest BCUT2D eigenvalue weighted by atomic mass is 9.40. The van der Waals surface area contributed by atoms with Crippen molar-refractivity contribution in [1.29, 1.82) is 0 Å². The molecule has 7 N–H and O–H groups in total. The Kier molecular flexibility index (Phi) is 18.0. The number of rotatable bonds is 22. The van der Waals surface area contributed by atoms with Crippen LogP contribution < -0.4 is 21.3 Å². The number of unbranched alkanes of at least 4 members (excludes halogenated alkanes) is 1. The van der Waals surface area contributed by atoms with E-state index in [4.69, 9.17) is 9.47 Å². The number of aliphatic hydroxyl groups excluding tert-OH is 2. The molecule has 2 unspecified atom stereocenters. The molecule has 2 aromatic rings. The Morgan fingerprint density at radius 2 is 1.68 bits per heavy atom. The van der Waals surface area contributed by atoms with Crippen molar-refractivity contribution in [1.82, 2.24) is 16.0 Å². The summed E-state index contributed by atoms with van der Waals surface area (Å²) >= 11 is 2.84. The maximum atomic E-state index is 18.2. The van der Waals surface area contributed by atoms with E-state index in [1.165, 1.54) is 37.4 Å². The monoisotopic (exact) mass is 1070 g/mol. The molecule has 13 atom stereocenters. The van der Waals surface area contributed by atoms with Crippen LogP contribution >= 0.6 is 23.5 Å². The van der Waals surface area contributed by atoms with Crippen LogP contribution in [0.5, 0.6) is 0 Å². The molecule has 1 saturated heterocycles. The van der Waals surface area contributed by atoms with Crippen LogP contribution in [0.15, 0.2) is 88.9 Å². The van der Waals surface area contributed by atoms with Crippen molar-refractivity contribution in [3.8, 4) is 0 Å². The summed E-state index contributed by atoms with van der Waals surface area (Å²) in [5.74, 6) is -3.71. The van der Waals surface area contributed by atoms with Crippen LogP contribution in [0.1, 0.15) is 131 Å². The van der Waals surface area contributed by atoms with E-state index < -0.39 is 111 Å². The van der Waals surface area contributed by atoms with Crippen molar-refractivity contribution in [2.24, 2.45) is 22.2 Å². The minimum absolute atomic E-state index is 0.0424. The summed E-state index contributed by atoms with van der Waals surface area (Å²) in [6.07, 6.45) is 8.47. The molecule has 18 heteroatoms. The molecule has 0 aromatic heterocycles. The number of hydrogen-bond acceptors (Lipinski definition) is 12. The number of carboxylic acid groups (broad SMARTS) is 1. The Bertz CT molecular complexity index is 2600. The molecule has 2 aromatic carbocycles. The van der Waals surface area contributed by atoms with Crippen molar-refractivity contribution in [3.05, 3.63) is 95.1 Å². The van der Waals surface area contributed by atoms with Gasteiger partial charge in [0.15, 0.2) is 23.3 Å². The summed E-state index contributed by atoms with van der Waals surface area (Å²) in [5, 5.41) is 41.9. The number of carbonyl (C=O) groups excluding carboxylic acids is 5. The quantitative estimate of drug-likeness (QED) is 0.0555. The first-order valence-corrected chi connectivity index (χ1v) is 28.2. The molecule has 4 amide bonds. The van der Waals surface area contributed by atoms with Gasteiger partial charge < -0.3 is 46.1 Å². The van der Waals surface area contributed by atoms with Gasteiger partial charge in [0.1, 0.15) is 18.7 Å². The van der Waals surface area contributed by atoms with Crippen LogP contribution in [0.4, 0.5) is 10.1 Å². The highest BCUT2D eigenvalue weighted by atomic mass is 32.2. The Morgan fingerprint density at radius 1 is 0.960 bits per heavy atom. The zero-order valence-electron chi connectivity index (χ0n) is 44.3. The standard InChI is InChI=1S/C57H75FN4O11S2/c1-9-11-13-33(3)75-42(28-48(67)68)51(71)59-25-23-47(66)60-34(4)49(69)61-35(5)50(70)62-40-14-12-15-41(27-40)74-32-37-16-18-38(19-17-37)52-72-46-30-54(7)43-21-20-39-26-36(10-2)22-24-53(39,6)56(43,58)44(64)29-55(54,8)57(46,73-52)45(65)31-63/h10,12,14-19,22,24,26-27,33-35,42-44,46,52,63-64H,9,11,13,20-21,23,25,28-32H2,1-8H3,(H,59,71)(H,60,66)(H,61,69)(H,62,70)(H,67,68)/b36-10+/t33?,34-,35-,42?,43-,44-,46+,52+,53-,54-,55-,56-,57+/m0/s1. The second-order valence-corrected chi connectivity index (χ2v) is 24.4. The molecule has 0 radical (unpaired) electrons. The summed E-state index contributed by atoms with van der Waals surface area (Å²) in [6.45, 7) is 14.0. The number of carboxylic acids is 1. The molecule has 1 heterocycles. The predicted octanol–water partition coefficient (Wildman–Crippen LogP) is 8.05. The summed E-state index contributed by atoms with van der Waals surface area (Å²) in [7, 11) is 0. The van der Waals surface area contributed by atoms with E-state index in [1.54, 1.807) is 12.1 Å². The number of nitrogens with one attached hydrogen (secondary N) is 4. The largest absolute Gasteiger partial charge is 0.481 e. The first-order valence-electron chi connectivity index (χ1n) is 26.3. The number of aliphatic carboxylic acids is 1. The molecule has 0 spiro atoms. The van der Waals surface area contributed by atoms with Crippen LogP contribution in [0, 0.1) is 22.2 Å². The van der Waals surface area contributed by atoms with E-state index in [2.05, 4.69) is 28.2 Å². The van der Waals surface area contributed by atoms with E-state index in [9.17, 15) is 44.1 Å². The number of aliphatic hydroxyl groups is 2. The lowest BCUT2D eigenvalue weighted by molar-refractivity contribution is -0.259. The summed E-state index contributed by atoms with van der Waals surface area (Å²) in [4.78, 5) is 78.0. The molecule has 15 nitrogen and oxygen atoms in total. The van der Waals surface area contributed by atoms with Crippen molar-refractivity contribution in [3.63, 3.8) is 0 Å². The first kappa shape index (κ1) is 57.8. The molecule has 4 aliphatic carbocycles. The van der Waals surface area contributed by atoms with Crippen LogP contribution in [0.3, 0.4) is 0 Å². The highest BCUT2D eigenvalue weighted by Crippen LogP contribution is 2.77. The van der Waals surface area contributed by atoms with Gasteiger partial charge in [-0.3, -0.25) is 28.8 Å². The number of carbonyl (C=O) groups is 6. The normalized spacial score (nSPS) is 31.6. The molecule has 1 aliphatic heterocycles. The van der Waals surface area contributed by atoms with Crippen molar-refractivity contribution < 1.29 is 58.0 Å². The number of ether oxygens (including phenoxy) is 2. The topological polar surface area (TPSA) is 230 Å². The maximum Gasteiger partial charge on any atom is 0.305 e. The number of benzene rings is 2. The molecule has 5 aliphatic rings. The second kappa shape index (κ2) is 23.4. The fraction of sp³-hybridized carbons (Fsp3) is 0.579. The van der Waals surface area contributed by atoms with Gasteiger partial charge in [-0.25, -0.2) is 4.39 Å². The van der Waals surface area contributed by atoms with Gasteiger partial charge in [-0.2, -0.15) is 0 Å². The van der Waals surface area contributed by atoms with E-state index in [0.29, 0.717) is 36.3 Å². The van der Waals surface area contributed by atoms with Gasteiger partial charge in [-0.15, -0.1) is 23.5 Å². The molecule has 0 bridgehead atoms. The molecule has 3 saturated carbocycles. The lowest BCUT2D eigenvalue weighted by Gasteiger charge is -2.66. The molecular weight excluding hydrogens is 1000 g/mol. The number of alkyl halides is 1. The first-order chi connectivity index (χ1) is 35.5. The number of amides is 4. The van der Waals surface area contributed by atoms with Gasteiger partial charge in [0.2, 0.25) is 23.6 Å². The van der Waals surface area contributed by atoms with Crippen LogP contribution in [0.25, 0.3) is 0 Å². The Balaban J connectivity index is 0.898.